The van der Waals surface area contributed by atoms with Gasteiger partial charge in [0, 0.05) is 5.92 Å². The van der Waals surface area contributed by atoms with E-state index in [0.29, 0.717) is 0 Å². The smallest absolute Gasteiger partial charge is 0.178 e. The van der Waals surface area contributed by atoms with Gasteiger partial charge in [0.1, 0.15) is 6.61 Å². The molecule has 2 N–H and O–H groups in total. The van der Waals surface area contributed by atoms with Crippen molar-refractivity contribution in [3.8, 4) is 0 Å². The number of aliphatic hydroxyl groups is 2. The van der Waals surface area contributed by atoms with E-state index >= 15 is 0 Å². The number of hydrogen-bond acceptors (Lipinski definition) is 4. The monoisotopic (exact) mass is 246 g/mol. The van der Waals surface area contributed by atoms with Crippen molar-refractivity contribution in [1.82, 2.24) is 0 Å². The molecule has 0 aromatic rings. The topological polar surface area (TPSA) is 58.9 Å². The molecule has 102 valence electrons. The molecule has 17 heavy (non-hydrogen) atoms. The van der Waals surface area contributed by atoms with Gasteiger partial charge in [0.05, 0.1) is 5.60 Å². The Hall–Kier alpha value is -0.160. The van der Waals surface area contributed by atoms with E-state index in [1.807, 2.05) is 20.8 Å². The quantitative estimate of drug-likeness (QED) is 0.675. The molecular formula is C13H26O4. The lowest BCUT2D eigenvalue weighted by Crippen LogP contribution is -2.35. The Morgan fingerprint density at radius 3 is 2.35 bits per heavy atom. The summed E-state index contributed by atoms with van der Waals surface area (Å²) in [4.78, 5) is 0. The normalized spacial score (nSPS) is 24.5. The fraction of sp³-hybridized carbons (Fsp3) is 1.00. The summed E-state index contributed by atoms with van der Waals surface area (Å²) in [5.41, 5.74) is -0.218. The fourth-order valence-corrected chi connectivity index (χ4v) is 2.15. The highest BCUT2D eigenvalue weighted by atomic mass is 16.7. The summed E-state index contributed by atoms with van der Waals surface area (Å²) in [5.74, 6) is 0.0734. The fourth-order valence-electron chi connectivity index (χ4n) is 2.15. The lowest BCUT2D eigenvalue weighted by atomic mass is 10.1. The van der Waals surface area contributed by atoms with E-state index in [2.05, 4.69) is 0 Å². The third kappa shape index (κ3) is 4.92. The summed E-state index contributed by atoms with van der Waals surface area (Å²) >= 11 is 0. The van der Waals surface area contributed by atoms with Crippen LogP contribution in [-0.4, -0.2) is 35.0 Å². The molecule has 1 rings (SSSR count). The predicted molar refractivity (Wildman–Crippen MR) is 65.4 cm³/mol. The molecule has 0 aromatic carbocycles. The van der Waals surface area contributed by atoms with Crippen LogP contribution in [0, 0.1) is 5.92 Å². The van der Waals surface area contributed by atoms with Crippen LogP contribution in [0.2, 0.25) is 0 Å². The minimum Gasteiger partial charge on any atom is -0.368 e. The Balaban J connectivity index is 2.22. The van der Waals surface area contributed by atoms with Crippen molar-refractivity contribution < 1.29 is 19.7 Å². The largest absolute Gasteiger partial charge is 0.368 e. The van der Waals surface area contributed by atoms with E-state index in [-0.39, 0.29) is 18.1 Å². The van der Waals surface area contributed by atoms with Gasteiger partial charge in [-0.3, -0.25) is 0 Å². The van der Waals surface area contributed by atoms with Gasteiger partial charge in [-0.2, -0.15) is 0 Å². The van der Waals surface area contributed by atoms with Gasteiger partial charge in [0.25, 0.3) is 0 Å². The van der Waals surface area contributed by atoms with E-state index in [1.165, 1.54) is 0 Å². The molecule has 4 nitrogen and oxygen atoms in total. The van der Waals surface area contributed by atoms with Crippen LogP contribution in [0.25, 0.3) is 0 Å². The van der Waals surface area contributed by atoms with Crippen LogP contribution < -0.4 is 0 Å². The first-order chi connectivity index (χ1) is 7.97. The maximum atomic E-state index is 9.72. The zero-order valence-electron chi connectivity index (χ0n) is 11.2. The van der Waals surface area contributed by atoms with Crippen molar-refractivity contribution in [2.24, 2.45) is 5.92 Å². The number of hydrogen-bond donors (Lipinski definition) is 2. The van der Waals surface area contributed by atoms with Gasteiger partial charge in [-0.25, -0.2) is 0 Å². The molecule has 1 fully saturated rings. The Labute approximate surface area is 104 Å². The highest BCUT2D eigenvalue weighted by molar-refractivity contribution is 4.81. The van der Waals surface area contributed by atoms with Gasteiger partial charge in [0.2, 0.25) is 0 Å². The van der Waals surface area contributed by atoms with E-state index in [0.717, 1.165) is 32.1 Å². The first-order valence-corrected chi connectivity index (χ1v) is 6.62. The summed E-state index contributed by atoms with van der Waals surface area (Å²) in [7, 11) is 0. The average Bonchev–Trinajstić information content (AvgIpc) is 2.71. The molecule has 4 heteroatoms. The lowest BCUT2D eigenvalue weighted by molar-refractivity contribution is -0.232. The van der Waals surface area contributed by atoms with Gasteiger partial charge in [-0.15, -0.1) is 0 Å². The molecule has 0 aliphatic heterocycles. The highest BCUT2D eigenvalue weighted by Crippen LogP contribution is 2.33. The maximum Gasteiger partial charge on any atom is 0.178 e. The molecule has 0 spiro atoms. The molecule has 0 bridgehead atoms. The van der Waals surface area contributed by atoms with Crippen LogP contribution in [0.15, 0.2) is 0 Å². The summed E-state index contributed by atoms with van der Waals surface area (Å²) < 4.78 is 10.8. The Morgan fingerprint density at radius 2 is 1.82 bits per heavy atom. The minimum atomic E-state index is -0.947. The van der Waals surface area contributed by atoms with Gasteiger partial charge >= 0.3 is 0 Å². The zero-order chi connectivity index (χ0) is 12.9. The summed E-state index contributed by atoms with van der Waals surface area (Å²) in [6.45, 7) is 5.95. The first kappa shape index (κ1) is 14.9. The van der Waals surface area contributed by atoms with Crippen LogP contribution >= 0.6 is 0 Å². The van der Waals surface area contributed by atoms with Crippen LogP contribution in [0.3, 0.4) is 0 Å². The van der Waals surface area contributed by atoms with Crippen LogP contribution in [-0.2, 0) is 9.47 Å². The number of aliphatic hydroxyl groups excluding tert-OH is 2. The molecule has 1 aliphatic carbocycles. The first-order valence-electron chi connectivity index (χ1n) is 6.62. The van der Waals surface area contributed by atoms with Crippen LogP contribution in [0.4, 0.5) is 0 Å². The molecule has 0 saturated heterocycles. The Kier molecular flexibility index (Phi) is 5.86. The zero-order valence-corrected chi connectivity index (χ0v) is 11.2. The Morgan fingerprint density at radius 1 is 1.24 bits per heavy atom. The molecule has 1 aliphatic rings. The van der Waals surface area contributed by atoms with Crippen molar-refractivity contribution in [3.63, 3.8) is 0 Å². The van der Waals surface area contributed by atoms with Crippen LogP contribution in [0.1, 0.15) is 52.9 Å². The lowest BCUT2D eigenvalue weighted by Gasteiger charge is -2.28. The molecular weight excluding hydrogens is 220 g/mol. The van der Waals surface area contributed by atoms with Gasteiger partial charge in [-0.05, 0) is 26.2 Å². The minimum absolute atomic E-state index is 0.0289. The van der Waals surface area contributed by atoms with E-state index in [4.69, 9.17) is 9.47 Å². The standard InChI is InChI=1S/C13H26O4/c1-4-10(2)12(15)16-9-11(14)17-13(3)7-5-6-8-13/h10-12,14-15H,4-9H2,1-3H3. The number of ether oxygens (including phenoxy) is 2. The summed E-state index contributed by atoms with van der Waals surface area (Å²) in [5, 5.41) is 19.3. The van der Waals surface area contributed by atoms with E-state index < -0.39 is 12.6 Å². The number of rotatable bonds is 7. The van der Waals surface area contributed by atoms with Crippen molar-refractivity contribution in [1.29, 1.82) is 0 Å². The second-order valence-electron chi connectivity index (χ2n) is 5.34. The second kappa shape index (κ2) is 6.69. The Bertz CT molecular complexity index is 213. The van der Waals surface area contributed by atoms with Crippen molar-refractivity contribution >= 4 is 0 Å². The molecule has 1 saturated carbocycles. The summed E-state index contributed by atoms with van der Waals surface area (Å²) in [6, 6.07) is 0. The van der Waals surface area contributed by atoms with E-state index in [1.54, 1.807) is 0 Å². The third-order valence-corrected chi connectivity index (χ3v) is 3.62. The maximum absolute atomic E-state index is 9.72. The molecule has 0 heterocycles. The molecule has 3 unspecified atom stereocenters. The molecule has 0 radical (unpaired) electrons. The van der Waals surface area contributed by atoms with Gasteiger partial charge in [0.15, 0.2) is 12.6 Å². The average molecular weight is 246 g/mol. The molecule has 3 atom stereocenters. The SMILES string of the molecule is CCC(C)C(O)OCC(O)OC1(C)CCCC1. The predicted octanol–water partition coefficient (Wildman–Crippen LogP) is 2.04. The third-order valence-electron chi connectivity index (χ3n) is 3.62. The van der Waals surface area contributed by atoms with Crippen molar-refractivity contribution in [3.05, 3.63) is 0 Å². The molecule has 0 aromatic heterocycles. The van der Waals surface area contributed by atoms with Crippen LogP contribution in [0.5, 0.6) is 0 Å². The van der Waals surface area contributed by atoms with Gasteiger partial charge < -0.3 is 19.7 Å². The highest BCUT2D eigenvalue weighted by Gasteiger charge is 2.32. The summed E-state index contributed by atoms with van der Waals surface area (Å²) in [6.07, 6.45) is 3.34. The van der Waals surface area contributed by atoms with Crippen molar-refractivity contribution in [2.75, 3.05) is 6.61 Å². The second-order valence-corrected chi connectivity index (χ2v) is 5.34. The molecule has 0 amide bonds. The van der Waals surface area contributed by atoms with Crippen molar-refractivity contribution in [2.45, 2.75) is 71.1 Å². The van der Waals surface area contributed by atoms with Gasteiger partial charge in [-0.1, -0.05) is 26.7 Å². The van der Waals surface area contributed by atoms with E-state index in [9.17, 15) is 10.2 Å².